The van der Waals surface area contributed by atoms with Crippen LogP contribution in [0.1, 0.15) is 25.3 Å². The molecule has 0 atom stereocenters. The molecule has 0 fully saturated rings. The van der Waals surface area contributed by atoms with Crippen LogP contribution in [0.15, 0.2) is 35.7 Å². The molecule has 0 aliphatic heterocycles. The highest BCUT2D eigenvalue weighted by Gasteiger charge is 2.08. The number of unbranched alkanes of at least 4 members (excludes halogenated alkanes) is 1. The van der Waals surface area contributed by atoms with Crippen molar-refractivity contribution in [3.63, 3.8) is 0 Å². The highest BCUT2D eigenvalue weighted by atomic mass is 35.5. The summed E-state index contributed by atoms with van der Waals surface area (Å²) in [6.45, 7) is 2.21. The van der Waals surface area contributed by atoms with Gasteiger partial charge in [-0.15, -0.1) is 11.3 Å². The minimum absolute atomic E-state index is 0.270. The molecule has 21 heavy (non-hydrogen) atoms. The molecule has 5 heteroatoms. The number of nitrogens with zero attached hydrogens (tertiary/aromatic N) is 2. The number of thiophene rings is 1. The van der Waals surface area contributed by atoms with E-state index in [0.717, 1.165) is 28.1 Å². The van der Waals surface area contributed by atoms with Crippen molar-refractivity contribution in [1.29, 1.82) is 0 Å². The molecular formula is C16H16ClN3S. The van der Waals surface area contributed by atoms with Gasteiger partial charge >= 0.3 is 0 Å². The van der Waals surface area contributed by atoms with Gasteiger partial charge in [0.25, 0.3) is 0 Å². The van der Waals surface area contributed by atoms with Crippen LogP contribution in [-0.4, -0.2) is 9.97 Å². The van der Waals surface area contributed by atoms with Crippen LogP contribution in [-0.2, 0) is 6.42 Å². The highest BCUT2D eigenvalue weighted by Crippen LogP contribution is 2.28. The maximum Gasteiger partial charge on any atom is 0.225 e. The smallest absolute Gasteiger partial charge is 0.225 e. The van der Waals surface area contributed by atoms with E-state index in [1.807, 2.05) is 11.4 Å². The van der Waals surface area contributed by atoms with Gasteiger partial charge in [0, 0.05) is 5.69 Å². The molecular weight excluding hydrogens is 302 g/mol. The Balaban J connectivity index is 1.83. The molecule has 0 unspecified atom stereocenters. The molecule has 0 aliphatic carbocycles. The van der Waals surface area contributed by atoms with E-state index in [4.69, 9.17) is 11.6 Å². The Labute approximate surface area is 133 Å². The molecule has 0 saturated heterocycles. The number of anilines is 2. The molecule has 3 nitrogen and oxygen atoms in total. The molecule has 108 valence electrons. The molecule has 0 radical (unpaired) electrons. The van der Waals surface area contributed by atoms with Gasteiger partial charge in [-0.1, -0.05) is 25.5 Å². The van der Waals surface area contributed by atoms with Gasteiger partial charge in [-0.05, 0) is 53.6 Å². The summed E-state index contributed by atoms with van der Waals surface area (Å²) in [5.41, 5.74) is 2.38. The Bertz CT molecular complexity index is 737. The molecule has 3 aromatic rings. The van der Waals surface area contributed by atoms with Gasteiger partial charge < -0.3 is 5.32 Å². The highest BCUT2D eigenvalue weighted by molar-refractivity contribution is 7.16. The summed E-state index contributed by atoms with van der Waals surface area (Å²) in [4.78, 5) is 9.41. The lowest BCUT2D eigenvalue weighted by molar-refractivity contribution is 0.795. The average molecular weight is 318 g/mol. The normalized spacial score (nSPS) is 11.0. The van der Waals surface area contributed by atoms with Crippen molar-refractivity contribution in [3.05, 3.63) is 46.6 Å². The SMILES string of the molecule is CCCCc1ccc(Nc2nc(Cl)nc3sccc23)cc1. The number of hydrogen-bond donors (Lipinski definition) is 1. The first-order valence-electron chi connectivity index (χ1n) is 7.03. The number of halogens is 1. The average Bonchev–Trinajstić information content (AvgIpc) is 2.95. The molecule has 2 aromatic heterocycles. The lowest BCUT2D eigenvalue weighted by atomic mass is 10.1. The van der Waals surface area contributed by atoms with E-state index in [1.165, 1.54) is 18.4 Å². The van der Waals surface area contributed by atoms with Crippen LogP contribution in [0.4, 0.5) is 11.5 Å². The van der Waals surface area contributed by atoms with Crippen LogP contribution < -0.4 is 5.32 Å². The fraction of sp³-hybridized carbons (Fsp3) is 0.250. The van der Waals surface area contributed by atoms with Crippen LogP contribution in [0.25, 0.3) is 10.2 Å². The zero-order chi connectivity index (χ0) is 14.7. The molecule has 0 amide bonds. The summed E-state index contributed by atoms with van der Waals surface area (Å²) in [6.07, 6.45) is 3.57. The van der Waals surface area contributed by atoms with Gasteiger partial charge in [0.15, 0.2) is 0 Å². The van der Waals surface area contributed by atoms with Gasteiger partial charge in [0.2, 0.25) is 5.28 Å². The maximum absolute atomic E-state index is 5.97. The van der Waals surface area contributed by atoms with Crippen LogP contribution >= 0.6 is 22.9 Å². The Morgan fingerprint density at radius 2 is 1.95 bits per heavy atom. The lowest BCUT2D eigenvalue weighted by Gasteiger charge is -2.08. The molecule has 1 N–H and O–H groups in total. The molecule has 1 aromatic carbocycles. The van der Waals surface area contributed by atoms with Gasteiger partial charge in [-0.25, -0.2) is 4.98 Å². The summed E-state index contributed by atoms with van der Waals surface area (Å²) in [5.74, 6) is 0.757. The van der Waals surface area contributed by atoms with Crippen molar-refractivity contribution in [2.45, 2.75) is 26.2 Å². The van der Waals surface area contributed by atoms with Gasteiger partial charge in [0.05, 0.1) is 5.39 Å². The standard InChI is InChI=1S/C16H16ClN3S/c1-2-3-4-11-5-7-12(8-6-11)18-14-13-9-10-21-15(13)20-16(17)19-14/h5-10H,2-4H2,1H3,(H,18,19,20). The number of fused-ring (bicyclic) bond motifs is 1. The number of benzene rings is 1. The maximum atomic E-state index is 5.97. The van der Waals surface area contributed by atoms with Crippen LogP contribution in [0, 0.1) is 0 Å². The van der Waals surface area contributed by atoms with Crippen LogP contribution in [0.2, 0.25) is 5.28 Å². The molecule has 0 spiro atoms. The predicted octanol–water partition coefficient (Wildman–Crippen LogP) is 5.43. The number of rotatable bonds is 5. The molecule has 0 aliphatic rings. The van der Waals surface area contributed by atoms with Gasteiger partial charge in [-0.2, -0.15) is 4.98 Å². The second-order valence-electron chi connectivity index (χ2n) is 4.91. The van der Waals surface area contributed by atoms with E-state index in [9.17, 15) is 0 Å². The van der Waals surface area contributed by atoms with E-state index in [-0.39, 0.29) is 5.28 Å². The second kappa shape index (κ2) is 6.41. The summed E-state index contributed by atoms with van der Waals surface area (Å²) >= 11 is 7.54. The fourth-order valence-electron chi connectivity index (χ4n) is 2.20. The van der Waals surface area contributed by atoms with Crippen molar-refractivity contribution >= 4 is 44.7 Å². The topological polar surface area (TPSA) is 37.8 Å². The predicted molar refractivity (Wildman–Crippen MR) is 90.8 cm³/mol. The van der Waals surface area contributed by atoms with E-state index in [1.54, 1.807) is 11.3 Å². The lowest BCUT2D eigenvalue weighted by Crippen LogP contribution is -1.96. The first-order valence-corrected chi connectivity index (χ1v) is 8.28. The molecule has 0 saturated carbocycles. The third-order valence-electron chi connectivity index (χ3n) is 3.33. The summed E-state index contributed by atoms with van der Waals surface area (Å²) in [6, 6.07) is 10.5. The zero-order valence-corrected chi connectivity index (χ0v) is 13.3. The van der Waals surface area contributed by atoms with Crippen molar-refractivity contribution < 1.29 is 0 Å². The zero-order valence-electron chi connectivity index (χ0n) is 11.8. The van der Waals surface area contributed by atoms with Gasteiger partial charge in [-0.3, -0.25) is 0 Å². The Morgan fingerprint density at radius 1 is 1.14 bits per heavy atom. The number of hydrogen-bond acceptors (Lipinski definition) is 4. The van der Waals surface area contributed by atoms with E-state index < -0.39 is 0 Å². The summed E-state index contributed by atoms with van der Waals surface area (Å²) in [7, 11) is 0. The minimum atomic E-state index is 0.270. The number of aromatic nitrogens is 2. The van der Waals surface area contributed by atoms with Crippen LogP contribution in [0.5, 0.6) is 0 Å². The van der Waals surface area contributed by atoms with E-state index in [0.29, 0.717) is 0 Å². The Hall–Kier alpha value is -1.65. The number of nitrogens with one attached hydrogen (secondary N) is 1. The van der Waals surface area contributed by atoms with E-state index >= 15 is 0 Å². The summed E-state index contributed by atoms with van der Waals surface area (Å²) < 4.78 is 0. The molecule has 0 bridgehead atoms. The molecule has 3 rings (SSSR count). The van der Waals surface area contributed by atoms with E-state index in [2.05, 4.69) is 46.5 Å². The third kappa shape index (κ3) is 3.34. The quantitative estimate of drug-likeness (QED) is 0.637. The summed E-state index contributed by atoms with van der Waals surface area (Å²) in [5, 5.41) is 6.59. The second-order valence-corrected chi connectivity index (χ2v) is 6.14. The first kappa shape index (κ1) is 14.3. The Kier molecular flexibility index (Phi) is 4.36. The van der Waals surface area contributed by atoms with Crippen molar-refractivity contribution in [2.24, 2.45) is 0 Å². The van der Waals surface area contributed by atoms with Crippen LogP contribution in [0.3, 0.4) is 0 Å². The van der Waals surface area contributed by atoms with Gasteiger partial charge in [0.1, 0.15) is 10.6 Å². The number of aryl methyl sites for hydroxylation is 1. The fourth-order valence-corrected chi connectivity index (χ4v) is 3.18. The van der Waals surface area contributed by atoms with Crippen molar-refractivity contribution in [1.82, 2.24) is 9.97 Å². The van der Waals surface area contributed by atoms with Crippen molar-refractivity contribution in [2.75, 3.05) is 5.32 Å². The minimum Gasteiger partial charge on any atom is -0.340 e. The first-order chi connectivity index (χ1) is 10.3. The monoisotopic (exact) mass is 317 g/mol. The molecule has 2 heterocycles. The largest absolute Gasteiger partial charge is 0.340 e. The Morgan fingerprint density at radius 3 is 2.71 bits per heavy atom. The third-order valence-corrected chi connectivity index (χ3v) is 4.31. The van der Waals surface area contributed by atoms with Crippen molar-refractivity contribution in [3.8, 4) is 0 Å².